The van der Waals surface area contributed by atoms with Crippen molar-refractivity contribution in [3.8, 4) is 12.3 Å². The van der Waals surface area contributed by atoms with Gasteiger partial charge in [-0.1, -0.05) is 6.92 Å². The van der Waals surface area contributed by atoms with Gasteiger partial charge in [-0.3, -0.25) is 0 Å². The Morgan fingerprint density at radius 3 is 2.70 bits per heavy atom. The first kappa shape index (κ1) is 7.63. The fourth-order valence-electron chi connectivity index (χ4n) is 1.74. The van der Waals surface area contributed by atoms with Gasteiger partial charge >= 0.3 is 0 Å². The standard InChI is InChI=1S/C9H16N/c1-4-7-10(3)8-6-9(10)5-2/h2,9H,4,6-8H2,1,3H3/q+1/t9-,10?/m0/s1. The number of rotatable bonds is 2. The number of hydrogen-bond donors (Lipinski definition) is 0. The third-order valence-corrected chi connectivity index (χ3v) is 2.59. The van der Waals surface area contributed by atoms with Gasteiger partial charge in [0.25, 0.3) is 0 Å². The van der Waals surface area contributed by atoms with E-state index in [1.807, 2.05) is 0 Å². The molecule has 1 unspecified atom stereocenters. The quantitative estimate of drug-likeness (QED) is 0.398. The van der Waals surface area contributed by atoms with E-state index in [0.717, 1.165) is 4.48 Å². The van der Waals surface area contributed by atoms with Crippen molar-refractivity contribution in [2.75, 3.05) is 20.1 Å². The highest BCUT2D eigenvalue weighted by molar-refractivity contribution is 4.98. The van der Waals surface area contributed by atoms with E-state index in [4.69, 9.17) is 6.42 Å². The molecule has 0 amide bonds. The summed E-state index contributed by atoms with van der Waals surface area (Å²) in [5, 5.41) is 0. The number of likely N-dealkylation sites (tertiary alicyclic amines) is 1. The summed E-state index contributed by atoms with van der Waals surface area (Å²) in [6, 6.07) is 0.514. The summed E-state index contributed by atoms with van der Waals surface area (Å²) in [6.07, 6.45) is 7.85. The van der Waals surface area contributed by atoms with Gasteiger partial charge in [0.05, 0.1) is 26.6 Å². The zero-order valence-electron chi connectivity index (χ0n) is 6.93. The molecule has 0 aliphatic carbocycles. The molecule has 1 heterocycles. The lowest BCUT2D eigenvalue weighted by atomic mass is 9.99. The smallest absolute Gasteiger partial charge is 0.155 e. The second-order valence-electron chi connectivity index (χ2n) is 3.40. The highest BCUT2D eigenvalue weighted by atomic mass is 15.4. The molecule has 1 saturated heterocycles. The molecule has 1 nitrogen and oxygen atoms in total. The molecule has 0 aromatic carbocycles. The van der Waals surface area contributed by atoms with E-state index in [0.29, 0.717) is 6.04 Å². The Balaban J connectivity index is 2.46. The monoisotopic (exact) mass is 138 g/mol. The zero-order chi connectivity index (χ0) is 7.61. The minimum absolute atomic E-state index is 0.514. The lowest BCUT2D eigenvalue weighted by Gasteiger charge is -2.47. The molecule has 2 atom stereocenters. The average Bonchev–Trinajstić information content (AvgIpc) is 1.88. The van der Waals surface area contributed by atoms with Crippen LogP contribution >= 0.6 is 0 Å². The van der Waals surface area contributed by atoms with Gasteiger partial charge in [0, 0.05) is 0 Å². The van der Waals surface area contributed by atoms with Crippen molar-refractivity contribution in [3.63, 3.8) is 0 Å². The first-order valence-corrected chi connectivity index (χ1v) is 4.03. The van der Waals surface area contributed by atoms with Gasteiger partial charge in [0.1, 0.15) is 0 Å². The summed E-state index contributed by atoms with van der Waals surface area (Å²) in [5.74, 6) is 2.85. The number of terminal acetylenes is 1. The Kier molecular flexibility index (Phi) is 2.01. The number of nitrogens with zero attached hydrogens (tertiary/aromatic N) is 1. The molecule has 1 fully saturated rings. The van der Waals surface area contributed by atoms with Crippen LogP contribution in [-0.2, 0) is 0 Å². The molecule has 0 aromatic heterocycles. The highest BCUT2D eigenvalue weighted by Gasteiger charge is 2.39. The van der Waals surface area contributed by atoms with Gasteiger partial charge in [-0.05, 0) is 12.3 Å². The topological polar surface area (TPSA) is 0 Å². The normalized spacial score (nSPS) is 38.3. The molecule has 0 spiro atoms. The molecule has 56 valence electrons. The van der Waals surface area contributed by atoms with Crippen molar-refractivity contribution in [2.45, 2.75) is 25.8 Å². The summed E-state index contributed by atoms with van der Waals surface area (Å²) in [6.45, 7) is 4.74. The summed E-state index contributed by atoms with van der Waals surface area (Å²) in [7, 11) is 2.26. The van der Waals surface area contributed by atoms with E-state index in [-0.39, 0.29) is 0 Å². The van der Waals surface area contributed by atoms with Crippen molar-refractivity contribution in [1.29, 1.82) is 0 Å². The molecule has 0 aromatic rings. The highest BCUT2D eigenvalue weighted by Crippen LogP contribution is 2.25. The summed E-state index contributed by atoms with van der Waals surface area (Å²) >= 11 is 0. The van der Waals surface area contributed by atoms with Gasteiger partial charge in [0.2, 0.25) is 0 Å². The van der Waals surface area contributed by atoms with E-state index in [2.05, 4.69) is 19.9 Å². The Morgan fingerprint density at radius 1 is 1.70 bits per heavy atom. The molecule has 1 heteroatoms. The lowest BCUT2D eigenvalue weighted by molar-refractivity contribution is -0.963. The lowest BCUT2D eigenvalue weighted by Crippen LogP contribution is -2.62. The number of hydrogen-bond acceptors (Lipinski definition) is 0. The SMILES string of the molecule is C#C[C@H]1CC[N+]1(C)CCC. The Morgan fingerprint density at radius 2 is 2.40 bits per heavy atom. The molecule has 0 radical (unpaired) electrons. The molecular weight excluding hydrogens is 122 g/mol. The van der Waals surface area contributed by atoms with Gasteiger partial charge in [-0.2, -0.15) is 0 Å². The maximum atomic E-state index is 5.37. The van der Waals surface area contributed by atoms with Crippen LogP contribution in [-0.4, -0.2) is 30.7 Å². The first-order chi connectivity index (χ1) is 4.73. The Bertz CT molecular complexity index is 157. The second-order valence-corrected chi connectivity index (χ2v) is 3.40. The fourth-order valence-corrected chi connectivity index (χ4v) is 1.74. The molecule has 10 heavy (non-hydrogen) atoms. The minimum Gasteiger partial charge on any atom is -0.313 e. The maximum absolute atomic E-state index is 5.37. The molecule has 1 aliphatic rings. The molecule has 0 saturated carbocycles. The third kappa shape index (κ3) is 1.04. The predicted octanol–water partition coefficient (Wildman–Crippen LogP) is 1.25. The second kappa shape index (κ2) is 2.64. The minimum atomic E-state index is 0.514. The van der Waals surface area contributed by atoms with Gasteiger partial charge in [-0.25, -0.2) is 0 Å². The predicted molar refractivity (Wildman–Crippen MR) is 43.4 cm³/mol. The van der Waals surface area contributed by atoms with Crippen LogP contribution in [0.1, 0.15) is 19.8 Å². The van der Waals surface area contributed by atoms with E-state index in [1.165, 1.54) is 25.9 Å². The van der Waals surface area contributed by atoms with E-state index >= 15 is 0 Å². The van der Waals surface area contributed by atoms with Crippen LogP contribution in [0.3, 0.4) is 0 Å². The third-order valence-electron chi connectivity index (χ3n) is 2.59. The van der Waals surface area contributed by atoms with Gasteiger partial charge in [0.15, 0.2) is 6.04 Å². The van der Waals surface area contributed by atoms with E-state index in [9.17, 15) is 0 Å². The summed E-state index contributed by atoms with van der Waals surface area (Å²) < 4.78 is 1.12. The van der Waals surface area contributed by atoms with Gasteiger partial charge < -0.3 is 4.48 Å². The van der Waals surface area contributed by atoms with Crippen molar-refractivity contribution in [3.05, 3.63) is 0 Å². The summed E-state index contributed by atoms with van der Waals surface area (Å²) in [5.41, 5.74) is 0. The Hall–Kier alpha value is -0.480. The van der Waals surface area contributed by atoms with E-state index < -0.39 is 0 Å². The van der Waals surface area contributed by atoms with Crippen molar-refractivity contribution >= 4 is 0 Å². The van der Waals surface area contributed by atoms with E-state index in [1.54, 1.807) is 0 Å². The van der Waals surface area contributed by atoms with Crippen LogP contribution in [0, 0.1) is 12.3 Å². The van der Waals surface area contributed by atoms with Crippen molar-refractivity contribution in [1.82, 2.24) is 0 Å². The van der Waals surface area contributed by atoms with Gasteiger partial charge in [-0.15, -0.1) is 6.42 Å². The molecule has 1 rings (SSSR count). The number of quaternary nitrogens is 1. The van der Waals surface area contributed by atoms with Crippen LogP contribution in [0.5, 0.6) is 0 Å². The van der Waals surface area contributed by atoms with Crippen LogP contribution in [0.25, 0.3) is 0 Å². The average molecular weight is 138 g/mol. The molecule has 0 bridgehead atoms. The summed E-state index contributed by atoms with van der Waals surface area (Å²) in [4.78, 5) is 0. The Labute approximate surface area is 63.6 Å². The molecule has 0 N–H and O–H groups in total. The molecule has 1 aliphatic heterocycles. The van der Waals surface area contributed by atoms with Crippen molar-refractivity contribution < 1.29 is 4.48 Å². The fraction of sp³-hybridized carbons (Fsp3) is 0.778. The molecular formula is C9H16N+. The van der Waals surface area contributed by atoms with Crippen LogP contribution in [0.2, 0.25) is 0 Å². The largest absolute Gasteiger partial charge is 0.313 e. The van der Waals surface area contributed by atoms with Crippen LogP contribution < -0.4 is 0 Å². The first-order valence-electron chi connectivity index (χ1n) is 4.03. The van der Waals surface area contributed by atoms with Crippen LogP contribution in [0.15, 0.2) is 0 Å². The zero-order valence-corrected chi connectivity index (χ0v) is 6.93. The van der Waals surface area contributed by atoms with Crippen molar-refractivity contribution in [2.24, 2.45) is 0 Å². The maximum Gasteiger partial charge on any atom is 0.155 e. The van der Waals surface area contributed by atoms with Crippen LogP contribution in [0.4, 0.5) is 0 Å².